The van der Waals surface area contributed by atoms with Crippen LogP contribution >= 0.6 is 0 Å². The minimum absolute atomic E-state index is 0.0646. The van der Waals surface area contributed by atoms with Crippen molar-refractivity contribution in [2.45, 2.75) is 96.2 Å². The molecule has 0 bridgehead atoms. The van der Waals surface area contributed by atoms with Crippen LogP contribution in [0.5, 0.6) is 0 Å². The van der Waals surface area contributed by atoms with Gasteiger partial charge in [-0.25, -0.2) is 19.3 Å². The predicted molar refractivity (Wildman–Crippen MR) is 133 cm³/mol. The van der Waals surface area contributed by atoms with Gasteiger partial charge >= 0.3 is 0 Å². The van der Waals surface area contributed by atoms with E-state index in [4.69, 9.17) is 19.3 Å². The normalized spacial score (nSPS) is 24.0. The molecule has 3 heterocycles. The van der Waals surface area contributed by atoms with Crippen LogP contribution in [0.25, 0.3) is 11.2 Å². The molecular weight excluding hydrogens is 457 g/mol. The van der Waals surface area contributed by atoms with Gasteiger partial charge < -0.3 is 19.3 Å². The van der Waals surface area contributed by atoms with Crippen molar-refractivity contribution >= 4 is 33.6 Å². The van der Waals surface area contributed by atoms with E-state index in [0.717, 1.165) is 0 Å². The Balaban J connectivity index is 2.12. The maximum absolute atomic E-state index is 14.2. The van der Waals surface area contributed by atoms with Gasteiger partial charge in [-0.05, 0) is 36.3 Å². The Bertz CT molecular complexity index is 1040. The molecule has 8 nitrogen and oxygen atoms in total. The number of anilines is 1. The number of nitrogen functional groups attached to an aromatic ring is 1. The second-order valence-corrected chi connectivity index (χ2v) is 21.3. The Hall–Kier alpha value is -1.83. The van der Waals surface area contributed by atoms with Crippen molar-refractivity contribution in [1.29, 1.82) is 0 Å². The molecule has 0 saturated carbocycles. The number of ether oxygens (including phenoxy) is 1. The second kappa shape index (κ2) is 8.44. The first-order valence-corrected chi connectivity index (χ1v) is 17.1. The number of aromatic nitrogens is 4. The van der Waals surface area contributed by atoms with Crippen LogP contribution in [0, 0.1) is 0 Å². The summed E-state index contributed by atoms with van der Waals surface area (Å²) in [5.74, 6) is 0.395. The van der Waals surface area contributed by atoms with E-state index in [9.17, 15) is 4.39 Å². The molecule has 3 rings (SSSR count). The summed E-state index contributed by atoms with van der Waals surface area (Å²) >= 11 is 0. The van der Waals surface area contributed by atoms with Gasteiger partial charge in [0.25, 0.3) is 0 Å². The summed E-state index contributed by atoms with van der Waals surface area (Å²) in [6, 6.07) is 0. The lowest BCUT2D eigenvalue weighted by atomic mass is 10.2. The SMILES string of the molecule is CC(C)(C)[Si](C)(C)O[C@@H]1[C@H](O[Si](C)(C)C(C)(C)C)/C(=C/F)O[C@H]1n1cnc2c(N)ncnc21. The topological polar surface area (TPSA) is 97.3 Å². The summed E-state index contributed by atoms with van der Waals surface area (Å²) < 4.78 is 35.7. The number of hydrogen-bond acceptors (Lipinski definition) is 7. The molecule has 0 amide bonds. The monoisotopic (exact) mass is 495 g/mol. The second-order valence-electron chi connectivity index (χ2n) is 11.7. The molecule has 2 aromatic rings. The number of halogens is 1. The highest BCUT2D eigenvalue weighted by atomic mass is 28.4. The van der Waals surface area contributed by atoms with Crippen molar-refractivity contribution in [3.05, 3.63) is 24.7 Å². The van der Waals surface area contributed by atoms with Crippen molar-refractivity contribution in [3.8, 4) is 0 Å². The predicted octanol–water partition coefficient (Wildman–Crippen LogP) is 5.53. The van der Waals surface area contributed by atoms with Gasteiger partial charge in [0.1, 0.15) is 36.7 Å². The molecule has 0 unspecified atom stereocenters. The summed E-state index contributed by atoms with van der Waals surface area (Å²) in [4.78, 5) is 12.7. The van der Waals surface area contributed by atoms with E-state index < -0.39 is 35.1 Å². The highest BCUT2D eigenvalue weighted by Gasteiger charge is 2.53. The van der Waals surface area contributed by atoms with Crippen molar-refractivity contribution in [2.24, 2.45) is 0 Å². The highest BCUT2D eigenvalue weighted by Crippen LogP contribution is 2.47. The maximum atomic E-state index is 14.2. The minimum Gasteiger partial charge on any atom is -0.466 e. The maximum Gasteiger partial charge on any atom is 0.206 e. The van der Waals surface area contributed by atoms with Crippen LogP contribution in [0.4, 0.5) is 10.2 Å². The van der Waals surface area contributed by atoms with Gasteiger partial charge in [-0.3, -0.25) is 4.57 Å². The van der Waals surface area contributed by atoms with Gasteiger partial charge in [-0.15, -0.1) is 0 Å². The van der Waals surface area contributed by atoms with Crippen molar-refractivity contribution in [3.63, 3.8) is 0 Å². The summed E-state index contributed by atoms with van der Waals surface area (Å²) in [6.45, 7) is 21.6. The number of rotatable bonds is 5. The number of nitrogens with two attached hydrogens (primary N) is 1. The van der Waals surface area contributed by atoms with Crippen LogP contribution in [0.3, 0.4) is 0 Å². The lowest BCUT2D eigenvalue weighted by molar-refractivity contribution is -0.00198. The zero-order chi connectivity index (χ0) is 25.0. The summed E-state index contributed by atoms with van der Waals surface area (Å²) in [6.07, 6.45) is 1.47. The first-order chi connectivity index (χ1) is 15.0. The third-order valence-electron chi connectivity index (χ3n) is 7.35. The van der Waals surface area contributed by atoms with Crippen molar-refractivity contribution < 1.29 is 18.0 Å². The summed E-state index contributed by atoms with van der Waals surface area (Å²) in [5.41, 5.74) is 6.96. The molecule has 1 fully saturated rings. The molecular formula is C22H38FN5O3Si2. The zero-order valence-corrected chi connectivity index (χ0v) is 23.4. The Morgan fingerprint density at radius 3 is 2.12 bits per heavy atom. The first kappa shape index (κ1) is 25.8. The molecule has 2 aromatic heterocycles. The molecule has 1 aliphatic heterocycles. The van der Waals surface area contributed by atoms with Crippen LogP contribution in [0.1, 0.15) is 47.8 Å². The molecule has 184 valence electrons. The van der Waals surface area contributed by atoms with Crippen LogP contribution < -0.4 is 5.73 Å². The third-order valence-corrected chi connectivity index (χ3v) is 16.3. The van der Waals surface area contributed by atoms with E-state index >= 15 is 0 Å². The standard InChI is InChI=1S/C22H38FN5O3Si2/c1-21(2,3)32(7,8)30-16-14(11-23)29-20(17(16)31-33(9,10)22(4,5)6)28-13-27-15-18(24)25-12-26-19(15)28/h11-13,16-17,20H,1-10H3,(H2,24,25,26)/b14-11-/t16-,17-,20-/m1/s1. The van der Waals surface area contributed by atoms with Gasteiger partial charge in [-0.1, -0.05) is 41.5 Å². The van der Waals surface area contributed by atoms with Gasteiger partial charge in [0.2, 0.25) is 6.23 Å². The largest absolute Gasteiger partial charge is 0.466 e. The lowest BCUT2D eigenvalue weighted by Gasteiger charge is -2.43. The fourth-order valence-corrected chi connectivity index (χ4v) is 5.71. The highest BCUT2D eigenvalue weighted by molar-refractivity contribution is 6.74. The smallest absolute Gasteiger partial charge is 0.206 e. The molecule has 3 atom stereocenters. The summed E-state index contributed by atoms with van der Waals surface area (Å²) in [7, 11) is -4.58. The molecule has 0 aliphatic carbocycles. The number of nitrogens with zero attached hydrogens (tertiary/aromatic N) is 4. The van der Waals surface area contributed by atoms with E-state index in [1.807, 2.05) is 0 Å². The fraction of sp³-hybridized carbons (Fsp3) is 0.682. The third kappa shape index (κ3) is 4.73. The Kier molecular flexibility index (Phi) is 6.59. The average molecular weight is 496 g/mol. The van der Waals surface area contributed by atoms with Gasteiger partial charge in [0.15, 0.2) is 33.9 Å². The molecule has 0 aromatic carbocycles. The molecule has 1 aliphatic rings. The lowest BCUT2D eigenvalue weighted by Crippen LogP contribution is -2.52. The van der Waals surface area contributed by atoms with Crippen molar-refractivity contribution in [1.82, 2.24) is 19.5 Å². The fourth-order valence-electron chi connectivity index (χ4n) is 3.20. The first-order valence-electron chi connectivity index (χ1n) is 11.3. The quantitative estimate of drug-likeness (QED) is 0.545. The molecule has 2 N–H and O–H groups in total. The van der Waals surface area contributed by atoms with Gasteiger partial charge in [0, 0.05) is 0 Å². The van der Waals surface area contributed by atoms with E-state index in [1.165, 1.54) is 6.33 Å². The number of hydrogen-bond donors (Lipinski definition) is 1. The van der Waals surface area contributed by atoms with Gasteiger partial charge in [0.05, 0.1) is 0 Å². The molecule has 0 radical (unpaired) electrons. The molecule has 11 heteroatoms. The summed E-state index contributed by atoms with van der Waals surface area (Å²) in [5, 5.41) is -0.137. The average Bonchev–Trinajstić information content (AvgIpc) is 3.22. The van der Waals surface area contributed by atoms with Crippen LogP contribution in [0.15, 0.2) is 24.7 Å². The number of imidazole rings is 1. The Morgan fingerprint density at radius 2 is 1.58 bits per heavy atom. The molecule has 0 spiro atoms. The minimum atomic E-state index is -2.29. The van der Waals surface area contributed by atoms with Crippen molar-refractivity contribution in [2.75, 3.05) is 5.73 Å². The molecule has 33 heavy (non-hydrogen) atoms. The van der Waals surface area contributed by atoms with Crippen LogP contribution in [0.2, 0.25) is 36.3 Å². The van der Waals surface area contributed by atoms with E-state index in [2.05, 4.69) is 82.7 Å². The zero-order valence-electron chi connectivity index (χ0n) is 21.4. The van der Waals surface area contributed by atoms with E-state index in [1.54, 1.807) is 10.9 Å². The molecule has 1 saturated heterocycles. The Morgan fingerprint density at radius 1 is 1.00 bits per heavy atom. The van der Waals surface area contributed by atoms with E-state index in [-0.39, 0.29) is 21.7 Å². The Labute approximate surface area is 198 Å². The van der Waals surface area contributed by atoms with Crippen LogP contribution in [-0.4, -0.2) is 48.4 Å². The van der Waals surface area contributed by atoms with Crippen LogP contribution in [-0.2, 0) is 13.6 Å². The van der Waals surface area contributed by atoms with E-state index in [0.29, 0.717) is 17.5 Å². The van der Waals surface area contributed by atoms with Gasteiger partial charge in [-0.2, -0.15) is 0 Å². The number of fused-ring (bicyclic) bond motifs is 1.